The number of hydrogen-bond acceptors (Lipinski definition) is 5. The Morgan fingerprint density at radius 3 is 2.67 bits per heavy atom. The molecule has 0 spiro atoms. The van der Waals surface area contributed by atoms with Gasteiger partial charge in [-0.15, -0.1) is 0 Å². The van der Waals surface area contributed by atoms with Crippen LogP contribution in [0.2, 0.25) is 5.02 Å². The Bertz CT molecular complexity index is 540. The Labute approximate surface area is 153 Å². The van der Waals surface area contributed by atoms with E-state index in [0.29, 0.717) is 36.1 Å². The largest absolute Gasteiger partial charge is 0.490 e. The summed E-state index contributed by atoms with van der Waals surface area (Å²) in [6, 6.07) is 3.04. The molecule has 0 aliphatic heterocycles. The molecule has 0 fully saturated rings. The topological polar surface area (TPSA) is 67.8 Å². The number of rotatable bonds is 11. The van der Waals surface area contributed by atoms with E-state index in [1.165, 1.54) is 0 Å². The van der Waals surface area contributed by atoms with Crippen molar-refractivity contribution in [2.75, 3.05) is 18.6 Å². The van der Waals surface area contributed by atoms with Crippen LogP contribution in [0.5, 0.6) is 11.5 Å². The molecule has 0 heterocycles. The lowest BCUT2D eigenvalue weighted by atomic mass is 10.1. The number of nitrogens with one attached hydrogen (secondary N) is 1. The average Bonchev–Trinajstić information content (AvgIpc) is 2.50. The molecule has 7 heteroatoms. The number of carboxylic acids is 1. The zero-order chi connectivity index (χ0) is 18.1. The summed E-state index contributed by atoms with van der Waals surface area (Å²) in [6.07, 6.45) is 2.51. The Balaban J connectivity index is 2.89. The van der Waals surface area contributed by atoms with Gasteiger partial charge in [-0.05, 0) is 56.9 Å². The van der Waals surface area contributed by atoms with Gasteiger partial charge in [-0.3, -0.25) is 4.79 Å². The summed E-state index contributed by atoms with van der Waals surface area (Å²) in [4.78, 5) is 11.3. The van der Waals surface area contributed by atoms with Crippen molar-refractivity contribution >= 4 is 29.3 Å². The van der Waals surface area contributed by atoms with E-state index in [9.17, 15) is 9.90 Å². The molecule has 1 rings (SSSR count). The summed E-state index contributed by atoms with van der Waals surface area (Å²) in [5.41, 5.74) is 0.856. The normalized spacial score (nSPS) is 12.2. The lowest BCUT2D eigenvalue weighted by Crippen LogP contribution is -2.36. The van der Waals surface area contributed by atoms with E-state index in [4.69, 9.17) is 21.1 Å². The van der Waals surface area contributed by atoms with Crippen LogP contribution in [0.3, 0.4) is 0 Å². The van der Waals surface area contributed by atoms with E-state index < -0.39 is 12.0 Å². The van der Waals surface area contributed by atoms with Crippen LogP contribution in [0.4, 0.5) is 0 Å². The predicted molar refractivity (Wildman–Crippen MR) is 99.6 cm³/mol. The fraction of sp³-hybridized carbons (Fsp3) is 0.588. The van der Waals surface area contributed by atoms with Crippen molar-refractivity contribution in [2.24, 2.45) is 0 Å². The lowest BCUT2D eigenvalue weighted by Gasteiger charge is -2.18. The van der Waals surface area contributed by atoms with Crippen LogP contribution in [0.15, 0.2) is 12.1 Å². The molecule has 1 unspecified atom stereocenters. The molecule has 0 aromatic heterocycles. The SMILES string of the molecule is CCOc1cc(CNC(CCSC)C(=O)O)cc(Cl)c1OC(C)C. The van der Waals surface area contributed by atoms with Crippen LogP contribution in [0.1, 0.15) is 32.8 Å². The van der Waals surface area contributed by atoms with Crippen molar-refractivity contribution in [3.8, 4) is 11.5 Å². The summed E-state index contributed by atoms with van der Waals surface area (Å²) in [5.74, 6) is 1.04. The second kappa shape index (κ2) is 10.7. The fourth-order valence-corrected chi connectivity index (χ4v) is 2.88. The number of hydrogen-bond donors (Lipinski definition) is 2. The van der Waals surface area contributed by atoms with Gasteiger partial charge in [-0.1, -0.05) is 11.6 Å². The van der Waals surface area contributed by atoms with Crippen molar-refractivity contribution in [3.63, 3.8) is 0 Å². The van der Waals surface area contributed by atoms with Crippen LogP contribution in [-0.4, -0.2) is 41.8 Å². The maximum Gasteiger partial charge on any atom is 0.320 e. The molecule has 0 radical (unpaired) electrons. The summed E-state index contributed by atoms with van der Waals surface area (Å²) in [7, 11) is 0. The highest BCUT2D eigenvalue weighted by Gasteiger charge is 2.18. The molecule has 1 atom stereocenters. The van der Waals surface area contributed by atoms with Gasteiger partial charge in [0, 0.05) is 6.54 Å². The molecule has 0 aliphatic rings. The molecule has 2 N–H and O–H groups in total. The zero-order valence-corrected chi connectivity index (χ0v) is 16.2. The minimum absolute atomic E-state index is 0.0198. The van der Waals surface area contributed by atoms with Gasteiger partial charge in [-0.2, -0.15) is 11.8 Å². The standard InChI is InChI=1S/C17H26ClNO4S/c1-5-22-15-9-12(8-13(18)16(15)23-11(2)3)10-19-14(17(20)21)6-7-24-4/h8-9,11,14,19H,5-7,10H2,1-4H3,(H,20,21). The highest BCUT2D eigenvalue weighted by molar-refractivity contribution is 7.98. The van der Waals surface area contributed by atoms with E-state index in [1.807, 2.05) is 33.1 Å². The first kappa shape index (κ1) is 20.9. The second-order valence-corrected chi connectivity index (χ2v) is 6.95. The number of ether oxygens (including phenoxy) is 2. The van der Waals surface area contributed by atoms with Crippen molar-refractivity contribution in [2.45, 2.75) is 45.9 Å². The minimum atomic E-state index is -0.847. The van der Waals surface area contributed by atoms with Crippen LogP contribution in [0, 0.1) is 0 Å². The molecule has 0 bridgehead atoms. The van der Waals surface area contributed by atoms with Crippen LogP contribution in [-0.2, 0) is 11.3 Å². The number of carbonyl (C=O) groups is 1. The number of aliphatic carboxylic acids is 1. The molecule has 5 nitrogen and oxygen atoms in total. The smallest absolute Gasteiger partial charge is 0.320 e. The van der Waals surface area contributed by atoms with Gasteiger partial charge < -0.3 is 19.9 Å². The molecule has 1 aromatic carbocycles. The molecule has 0 amide bonds. The molecule has 24 heavy (non-hydrogen) atoms. The third-order valence-corrected chi connectivity index (χ3v) is 4.11. The summed E-state index contributed by atoms with van der Waals surface area (Å²) in [5, 5.41) is 12.8. The Morgan fingerprint density at radius 1 is 1.42 bits per heavy atom. The maximum absolute atomic E-state index is 11.3. The summed E-state index contributed by atoms with van der Waals surface area (Å²) < 4.78 is 11.3. The molecular weight excluding hydrogens is 350 g/mol. The minimum Gasteiger partial charge on any atom is -0.490 e. The number of halogens is 1. The van der Waals surface area contributed by atoms with Crippen molar-refractivity contribution in [1.29, 1.82) is 0 Å². The number of benzene rings is 1. The molecule has 0 aliphatic carbocycles. The lowest BCUT2D eigenvalue weighted by molar-refractivity contribution is -0.139. The van der Waals surface area contributed by atoms with Crippen LogP contribution < -0.4 is 14.8 Å². The maximum atomic E-state index is 11.3. The Morgan fingerprint density at radius 2 is 2.12 bits per heavy atom. The number of thioether (sulfide) groups is 1. The van der Waals surface area contributed by atoms with Crippen molar-refractivity contribution in [1.82, 2.24) is 5.32 Å². The van der Waals surface area contributed by atoms with E-state index in [2.05, 4.69) is 5.32 Å². The van der Waals surface area contributed by atoms with Crippen LogP contribution in [0.25, 0.3) is 0 Å². The molecular formula is C17H26ClNO4S. The quantitative estimate of drug-likeness (QED) is 0.612. The summed E-state index contributed by atoms with van der Waals surface area (Å²) in [6.45, 7) is 6.62. The van der Waals surface area contributed by atoms with Gasteiger partial charge in [-0.25, -0.2) is 0 Å². The molecule has 1 aromatic rings. The highest BCUT2D eigenvalue weighted by atomic mass is 35.5. The monoisotopic (exact) mass is 375 g/mol. The van der Waals surface area contributed by atoms with E-state index in [-0.39, 0.29) is 6.10 Å². The van der Waals surface area contributed by atoms with Crippen LogP contribution >= 0.6 is 23.4 Å². The highest BCUT2D eigenvalue weighted by Crippen LogP contribution is 2.37. The zero-order valence-electron chi connectivity index (χ0n) is 14.6. The molecule has 0 saturated carbocycles. The first-order chi connectivity index (χ1) is 11.4. The Kier molecular flexibility index (Phi) is 9.33. The van der Waals surface area contributed by atoms with Gasteiger partial charge >= 0.3 is 5.97 Å². The molecule has 136 valence electrons. The summed E-state index contributed by atoms with van der Waals surface area (Å²) >= 11 is 7.95. The fourth-order valence-electron chi connectivity index (χ4n) is 2.13. The first-order valence-electron chi connectivity index (χ1n) is 7.96. The third kappa shape index (κ3) is 6.79. The average molecular weight is 376 g/mol. The van der Waals surface area contributed by atoms with Gasteiger partial charge in [0.25, 0.3) is 0 Å². The Hall–Kier alpha value is -1.11. The third-order valence-electron chi connectivity index (χ3n) is 3.18. The van der Waals surface area contributed by atoms with E-state index in [1.54, 1.807) is 17.8 Å². The van der Waals surface area contributed by atoms with Gasteiger partial charge in [0.05, 0.1) is 17.7 Å². The first-order valence-corrected chi connectivity index (χ1v) is 9.73. The van der Waals surface area contributed by atoms with Crippen molar-refractivity contribution < 1.29 is 19.4 Å². The van der Waals surface area contributed by atoms with E-state index >= 15 is 0 Å². The van der Waals surface area contributed by atoms with Gasteiger partial charge in [0.15, 0.2) is 11.5 Å². The van der Waals surface area contributed by atoms with Gasteiger partial charge in [0.2, 0.25) is 0 Å². The number of carboxylic acid groups (broad SMARTS) is 1. The van der Waals surface area contributed by atoms with Gasteiger partial charge in [0.1, 0.15) is 6.04 Å². The predicted octanol–water partition coefficient (Wildman–Crippen LogP) is 3.82. The molecule has 0 saturated heterocycles. The second-order valence-electron chi connectivity index (χ2n) is 5.56. The van der Waals surface area contributed by atoms with Crippen molar-refractivity contribution in [3.05, 3.63) is 22.7 Å². The van der Waals surface area contributed by atoms with E-state index in [0.717, 1.165) is 11.3 Å².